The summed E-state index contributed by atoms with van der Waals surface area (Å²) < 4.78 is 0. The maximum absolute atomic E-state index is 12.2. The minimum absolute atomic E-state index is 0.299. The molecular formula is C16H23NOS. The third-order valence-electron chi connectivity index (χ3n) is 3.59. The molecule has 0 aliphatic carbocycles. The summed E-state index contributed by atoms with van der Waals surface area (Å²) >= 11 is 1.65. The molecule has 1 aliphatic rings. The van der Waals surface area contributed by atoms with Gasteiger partial charge in [-0.2, -0.15) is 0 Å². The Balaban J connectivity index is 1.80. The molecule has 1 saturated heterocycles. The van der Waals surface area contributed by atoms with Crippen LogP contribution in [-0.4, -0.2) is 29.6 Å². The molecule has 3 heteroatoms. The lowest BCUT2D eigenvalue weighted by Crippen LogP contribution is -2.35. The van der Waals surface area contributed by atoms with Gasteiger partial charge in [-0.05, 0) is 31.9 Å². The molecule has 0 atom stereocenters. The maximum atomic E-state index is 12.2. The van der Waals surface area contributed by atoms with Crippen LogP contribution in [0.15, 0.2) is 29.2 Å². The third-order valence-corrected chi connectivity index (χ3v) is 4.59. The highest BCUT2D eigenvalue weighted by atomic mass is 32.2. The lowest BCUT2D eigenvalue weighted by molar-refractivity contribution is -0.128. The number of thioether (sulfide) groups is 1. The normalized spacial score (nSPS) is 16.8. The highest BCUT2D eigenvalue weighted by Crippen LogP contribution is 2.19. The number of nitrogens with zero attached hydrogens (tertiary/aromatic N) is 1. The van der Waals surface area contributed by atoms with Gasteiger partial charge < -0.3 is 4.90 Å². The molecule has 1 aromatic rings. The molecule has 1 amide bonds. The molecule has 1 heterocycles. The Morgan fingerprint density at radius 2 is 1.63 bits per heavy atom. The van der Waals surface area contributed by atoms with Gasteiger partial charge in [0.25, 0.3) is 0 Å². The van der Waals surface area contributed by atoms with E-state index in [-0.39, 0.29) is 0 Å². The number of likely N-dealkylation sites (tertiary alicyclic amines) is 1. The van der Waals surface area contributed by atoms with Gasteiger partial charge in [0.1, 0.15) is 0 Å². The molecule has 1 aliphatic heterocycles. The van der Waals surface area contributed by atoms with Gasteiger partial charge in [-0.3, -0.25) is 4.79 Å². The van der Waals surface area contributed by atoms with Crippen molar-refractivity contribution in [3.05, 3.63) is 29.8 Å². The van der Waals surface area contributed by atoms with Crippen LogP contribution < -0.4 is 0 Å². The smallest absolute Gasteiger partial charge is 0.232 e. The summed E-state index contributed by atoms with van der Waals surface area (Å²) in [6.45, 7) is 3.99. The van der Waals surface area contributed by atoms with Crippen LogP contribution in [0.4, 0.5) is 0 Å². The second-order valence-corrected chi connectivity index (χ2v) is 6.30. The molecule has 0 unspecified atom stereocenters. The second kappa shape index (κ2) is 7.59. The largest absolute Gasteiger partial charge is 0.342 e. The van der Waals surface area contributed by atoms with Crippen LogP contribution in [0.5, 0.6) is 0 Å². The summed E-state index contributed by atoms with van der Waals surface area (Å²) in [6, 6.07) is 8.40. The van der Waals surface area contributed by atoms with E-state index >= 15 is 0 Å². The SMILES string of the molecule is Cc1ccc(SCC(=O)N2CCCCCCC2)cc1. The quantitative estimate of drug-likeness (QED) is 0.781. The Kier molecular flexibility index (Phi) is 5.77. The molecule has 0 N–H and O–H groups in total. The first kappa shape index (κ1) is 14.4. The van der Waals surface area contributed by atoms with Crippen LogP contribution in [0.1, 0.15) is 37.7 Å². The van der Waals surface area contributed by atoms with E-state index in [2.05, 4.69) is 36.1 Å². The van der Waals surface area contributed by atoms with Gasteiger partial charge in [0.2, 0.25) is 5.91 Å². The summed E-state index contributed by atoms with van der Waals surface area (Å²) in [5.74, 6) is 0.871. The number of benzene rings is 1. The van der Waals surface area contributed by atoms with Crippen LogP contribution >= 0.6 is 11.8 Å². The first-order valence-electron chi connectivity index (χ1n) is 7.23. The van der Waals surface area contributed by atoms with Crippen molar-refractivity contribution in [2.45, 2.75) is 43.9 Å². The summed E-state index contributed by atoms with van der Waals surface area (Å²) in [4.78, 5) is 15.5. The minimum atomic E-state index is 0.299. The first-order chi connectivity index (χ1) is 9.25. The van der Waals surface area contributed by atoms with Crippen molar-refractivity contribution in [3.8, 4) is 0 Å². The Morgan fingerprint density at radius 3 is 2.26 bits per heavy atom. The van der Waals surface area contributed by atoms with Crippen molar-refractivity contribution in [3.63, 3.8) is 0 Å². The zero-order valence-electron chi connectivity index (χ0n) is 11.7. The molecule has 0 saturated carbocycles. The first-order valence-corrected chi connectivity index (χ1v) is 8.21. The highest BCUT2D eigenvalue weighted by molar-refractivity contribution is 8.00. The number of aryl methyl sites for hydroxylation is 1. The Morgan fingerprint density at radius 1 is 1.05 bits per heavy atom. The zero-order valence-corrected chi connectivity index (χ0v) is 12.5. The average Bonchev–Trinajstić information content (AvgIpc) is 2.37. The third kappa shape index (κ3) is 4.90. The number of carbonyl (C=O) groups is 1. The minimum Gasteiger partial charge on any atom is -0.342 e. The molecule has 1 aromatic carbocycles. The van der Waals surface area contributed by atoms with Gasteiger partial charge in [-0.15, -0.1) is 11.8 Å². The number of hydrogen-bond donors (Lipinski definition) is 0. The van der Waals surface area contributed by atoms with Crippen molar-refractivity contribution < 1.29 is 4.79 Å². The fraction of sp³-hybridized carbons (Fsp3) is 0.562. The molecule has 2 nitrogen and oxygen atoms in total. The van der Waals surface area contributed by atoms with Gasteiger partial charge in [-0.25, -0.2) is 0 Å². The van der Waals surface area contributed by atoms with Crippen molar-refractivity contribution >= 4 is 17.7 Å². The van der Waals surface area contributed by atoms with E-state index in [9.17, 15) is 4.79 Å². The monoisotopic (exact) mass is 277 g/mol. The van der Waals surface area contributed by atoms with E-state index in [0.717, 1.165) is 13.1 Å². The predicted molar refractivity (Wildman–Crippen MR) is 81.6 cm³/mol. The molecule has 0 radical (unpaired) electrons. The maximum Gasteiger partial charge on any atom is 0.232 e. The molecule has 19 heavy (non-hydrogen) atoms. The summed E-state index contributed by atoms with van der Waals surface area (Å²) in [6.07, 6.45) is 6.21. The van der Waals surface area contributed by atoms with E-state index in [1.165, 1.54) is 42.6 Å². The number of rotatable bonds is 3. The van der Waals surface area contributed by atoms with Gasteiger partial charge in [0, 0.05) is 18.0 Å². The predicted octanol–water partition coefficient (Wildman–Crippen LogP) is 3.88. The van der Waals surface area contributed by atoms with Crippen molar-refractivity contribution in [1.29, 1.82) is 0 Å². The van der Waals surface area contributed by atoms with Crippen LogP contribution in [0, 0.1) is 6.92 Å². The average molecular weight is 277 g/mol. The Bertz CT molecular complexity index is 394. The number of hydrogen-bond acceptors (Lipinski definition) is 2. The molecule has 2 rings (SSSR count). The summed E-state index contributed by atoms with van der Waals surface area (Å²) in [5.41, 5.74) is 1.26. The van der Waals surface area contributed by atoms with E-state index in [0.29, 0.717) is 11.7 Å². The molecular weight excluding hydrogens is 254 g/mol. The Hall–Kier alpha value is -0.960. The van der Waals surface area contributed by atoms with Crippen molar-refractivity contribution in [2.75, 3.05) is 18.8 Å². The van der Waals surface area contributed by atoms with E-state index in [1.54, 1.807) is 11.8 Å². The van der Waals surface area contributed by atoms with E-state index in [4.69, 9.17) is 0 Å². The molecule has 0 bridgehead atoms. The van der Waals surface area contributed by atoms with Gasteiger partial charge in [-0.1, -0.05) is 37.0 Å². The van der Waals surface area contributed by atoms with Gasteiger partial charge in [0.05, 0.1) is 5.75 Å². The number of amides is 1. The molecule has 0 aromatic heterocycles. The van der Waals surface area contributed by atoms with Crippen molar-refractivity contribution in [1.82, 2.24) is 4.90 Å². The molecule has 1 fully saturated rings. The molecule has 0 spiro atoms. The topological polar surface area (TPSA) is 20.3 Å². The highest BCUT2D eigenvalue weighted by Gasteiger charge is 2.14. The standard InChI is InChI=1S/C16H23NOS/c1-14-7-9-15(10-8-14)19-13-16(18)17-11-5-3-2-4-6-12-17/h7-10H,2-6,11-13H2,1H3. The van der Waals surface area contributed by atoms with Crippen LogP contribution in [0.2, 0.25) is 0 Å². The fourth-order valence-corrected chi connectivity index (χ4v) is 3.17. The number of carbonyl (C=O) groups excluding carboxylic acids is 1. The van der Waals surface area contributed by atoms with Gasteiger partial charge in [0.15, 0.2) is 0 Å². The van der Waals surface area contributed by atoms with Crippen molar-refractivity contribution in [2.24, 2.45) is 0 Å². The van der Waals surface area contributed by atoms with Crippen LogP contribution in [0.3, 0.4) is 0 Å². The lowest BCUT2D eigenvalue weighted by atomic mass is 10.1. The van der Waals surface area contributed by atoms with Crippen LogP contribution in [0.25, 0.3) is 0 Å². The summed E-state index contributed by atoms with van der Waals surface area (Å²) in [7, 11) is 0. The second-order valence-electron chi connectivity index (χ2n) is 5.25. The zero-order chi connectivity index (χ0) is 13.5. The van der Waals surface area contributed by atoms with Gasteiger partial charge >= 0.3 is 0 Å². The summed E-state index contributed by atoms with van der Waals surface area (Å²) in [5, 5.41) is 0. The van der Waals surface area contributed by atoms with Crippen LogP contribution in [-0.2, 0) is 4.79 Å². The fourth-order valence-electron chi connectivity index (χ4n) is 2.37. The molecule has 104 valence electrons. The lowest BCUT2D eigenvalue weighted by Gasteiger charge is -2.24. The van der Waals surface area contributed by atoms with E-state index in [1.807, 2.05) is 0 Å². The Labute approximate surface area is 120 Å². The van der Waals surface area contributed by atoms with E-state index < -0.39 is 0 Å².